The van der Waals surface area contributed by atoms with Crippen LogP contribution in [0.15, 0.2) is 12.4 Å². The third kappa shape index (κ3) is 3.20. The van der Waals surface area contributed by atoms with E-state index >= 15 is 0 Å². The van der Waals surface area contributed by atoms with Gasteiger partial charge in [0.1, 0.15) is 12.2 Å². The van der Waals surface area contributed by atoms with Crippen LogP contribution in [-0.2, 0) is 11.1 Å². The predicted molar refractivity (Wildman–Crippen MR) is 111 cm³/mol. The molecule has 3 aromatic heterocycles. The first-order valence-electron chi connectivity index (χ1n) is 10.2. The highest BCUT2D eigenvalue weighted by Crippen LogP contribution is 2.40. The second-order valence-corrected chi connectivity index (χ2v) is 9.34. The van der Waals surface area contributed by atoms with Crippen molar-refractivity contribution in [3.05, 3.63) is 35.2 Å². The minimum atomic E-state index is -0.477. The fraction of sp³-hybridized carbons (Fsp3) is 0.571. The molecular weight excluding hydrogens is 366 g/mol. The molecule has 1 amide bonds. The number of rotatable bonds is 4. The third-order valence-corrected chi connectivity index (χ3v) is 5.73. The number of aryl methyl sites for hydroxylation is 1. The molecule has 1 aliphatic rings. The Morgan fingerprint density at radius 1 is 1.31 bits per heavy atom. The summed E-state index contributed by atoms with van der Waals surface area (Å²) in [7, 11) is 0. The Bertz CT molecular complexity index is 1050. The van der Waals surface area contributed by atoms with Crippen molar-refractivity contribution in [2.45, 2.75) is 77.8 Å². The van der Waals surface area contributed by atoms with E-state index in [0.29, 0.717) is 11.4 Å². The van der Waals surface area contributed by atoms with E-state index < -0.39 is 5.54 Å². The van der Waals surface area contributed by atoms with Gasteiger partial charge in [-0.1, -0.05) is 13.8 Å². The third-order valence-electron chi connectivity index (χ3n) is 5.73. The van der Waals surface area contributed by atoms with Crippen LogP contribution in [0.3, 0.4) is 0 Å². The summed E-state index contributed by atoms with van der Waals surface area (Å²) in [6.45, 7) is 12.4. The average molecular weight is 396 g/mol. The number of pyridine rings is 1. The molecule has 0 aromatic carbocycles. The van der Waals surface area contributed by atoms with Crippen molar-refractivity contribution >= 4 is 16.9 Å². The van der Waals surface area contributed by atoms with E-state index in [1.54, 1.807) is 0 Å². The van der Waals surface area contributed by atoms with Gasteiger partial charge in [-0.05, 0) is 58.9 Å². The molecule has 4 rings (SSSR count). The van der Waals surface area contributed by atoms with E-state index in [-0.39, 0.29) is 17.4 Å². The molecule has 0 atom stereocenters. The van der Waals surface area contributed by atoms with Gasteiger partial charge in [0.25, 0.3) is 5.91 Å². The van der Waals surface area contributed by atoms with Gasteiger partial charge in [0, 0.05) is 5.69 Å². The quantitative estimate of drug-likeness (QED) is 0.703. The maximum absolute atomic E-state index is 13.5. The molecule has 2 N–H and O–H groups in total. The summed E-state index contributed by atoms with van der Waals surface area (Å²) >= 11 is 0. The van der Waals surface area contributed by atoms with Crippen molar-refractivity contribution in [3.63, 3.8) is 0 Å². The summed E-state index contributed by atoms with van der Waals surface area (Å²) in [5.74, 6) is 0.794. The summed E-state index contributed by atoms with van der Waals surface area (Å²) in [4.78, 5) is 22.7. The van der Waals surface area contributed by atoms with Crippen LogP contribution in [0.25, 0.3) is 11.0 Å². The Morgan fingerprint density at radius 3 is 2.55 bits per heavy atom. The number of H-pyrrole nitrogens is 1. The fourth-order valence-electron chi connectivity index (χ4n) is 3.92. The van der Waals surface area contributed by atoms with Crippen LogP contribution in [0.1, 0.15) is 87.4 Å². The number of carbonyl (C=O) groups excluding carboxylic acids is 1. The smallest absolute Gasteiger partial charge is 0.252 e. The zero-order chi connectivity index (χ0) is 21.0. The first-order chi connectivity index (χ1) is 13.6. The topological polar surface area (TPSA) is 101 Å². The van der Waals surface area contributed by atoms with Crippen molar-refractivity contribution in [2.75, 3.05) is 0 Å². The molecule has 154 valence electrons. The summed E-state index contributed by atoms with van der Waals surface area (Å²) in [6, 6.07) is 1.91. The zero-order valence-corrected chi connectivity index (χ0v) is 18.0. The molecule has 0 spiro atoms. The van der Waals surface area contributed by atoms with Crippen molar-refractivity contribution in [1.29, 1.82) is 0 Å². The minimum Gasteiger partial charge on any atom is -0.339 e. The normalized spacial score (nSPS) is 16.2. The molecule has 0 unspecified atom stereocenters. The zero-order valence-electron chi connectivity index (χ0n) is 18.0. The standard InChI is InChI=1S/C21H29N7O/c1-12(2)15-10-14(16-13(3)27-28(17(16)24-15)20(4,5)6)18(29)25-21(8-7-9-21)19-22-11-23-26-19/h10-12H,7-9H2,1-6H3,(H,25,29)(H,22,23,26). The molecule has 8 nitrogen and oxygen atoms in total. The Labute approximate surface area is 170 Å². The minimum absolute atomic E-state index is 0.119. The van der Waals surface area contributed by atoms with Crippen LogP contribution < -0.4 is 5.32 Å². The Balaban J connectivity index is 1.84. The lowest BCUT2D eigenvalue weighted by atomic mass is 9.76. The van der Waals surface area contributed by atoms with Gasteiger partial charge in [0.15, 0.2) is 5.65 Å². The van der Waals surface area contributed by atoms with Gasteiger partial charge in [-0.25, -0.2) is 14.6 Å². The summed E-state index contributed by atoms with van der Waals surface area (Å²) < 4.78 is 1.93. The molecule has 8 heteroatoms. The van der Waals surface area contributed by atoms with E-state index in [0.717, 1.165) is 41.7 Å². The molecule has 1 saturated carbocycles. The number of nitrogens with one attached hydrogen (secondary N) is 2. The van der Waals surface area contributed by atoms with Gasteiger partial charge in [-0.15, -0.1) is 0 Å². The van der Waals surface area contributed by atoms with E-state index in [1.807, 2.05) is 17.7 Å². The monoisotopic (exact) mass is 395 g/mol. The van der Waals surface area contributed by atoms with Crippen LogP contribution in [-0.4, -0.2) is 35.9 Å². The molecule has 0 radical (unpaired) electrons. The number of fused-ring (bicyclic) bond motifs is 1. The van der Waals surface area contributed by atoms with Crippen LogP contribution in [0, 0.1) is 6.92 Å². The van der Waals surface area contributed by atoms with Crippen molar-refractivity contribution < 1.29 is 4.79 Å². The second kappa shape index (κ2) is 6.64. The number of aromatic nitrogens is 6. The largest absolute Gasteiger partial charge is 0.339 e. The molecule has 0 saturated heterocycles. The van der Waals surface area contributed by atoms with E-state index in [4.69, 9.17) is 10.1 Å². The number of carbonyl (C=O) groups is 1. The van der Waals surface area contributed by atoms with Crippen molar-refractivity contribution in [3.8, 4) is 0 Å². The second-order valence-electron chi connectivity index (χ2n) is 9.34. The lowest BCUT2D eigenvalue weighted by Gasteiger charge is -2.40. The fourth-order valence-corrected chi connectivity index (χ4v) is 3.92. The maximum Gasteiger partial charge on any atom is 0.252 e. The van der Waals surface area contributed by atoms with Gasteiger partial charge in [0.05, 0.1) is 27.7 Å². The lowest BCUT2D eigenvalue weighted by molar-refractivity contribution is 0.0811. The van der Waals surface area contributed by atoms with E-state index in [1.165, 1.54) is 6.33 Å². The SMILES string of the molecule is Cc1nn(C(C)(C)C)c2nc(C(C)C)cc(C(=O)NC3(c4ncn[nH]4)CCC3)c12. The molecule has 0 aliphatic heterocycles. The summed E-state index contributed by atoms with van der Waals surface area (Å²) in [5.41, 5.74) is 2.36. The van der Waals surface area contributed by atoms with E-state index in [2.05, 4.69) is 55.1 Å². The first-order valence-corrected chi connectivity index (χ1v) is 10.2. The molecule has 0 bridgehead atoms. The number of hydrogen-bond donors (Lipinski definition) is 2. The molecule has 29 heavy (non-hydrogen) atoms. The Hall–Kier alpha value is -2.77. The summed E-state index contributed by atoms with van der Waals surface area (Å²) in [5, 5.41) is 15.7. The van der Waals surface area contributed by atoms with Gasteiger partial charge in [-0.3, -0.25) is 9.89 Å². The number of hydrogen-bond acceptors (Lipinski definition) is 5. The van der Waals surface area contributed by atoms with Crippen LogP contribution in [0.4, 0.5) is 0 Å². The van der Waals surface area contributed by atoms with Gasteiger partial charge in [0.2, 0.25) is 0 Å². The highest BCUT2D eigenvalue weighted by atomic mass is 16.1. The highest BCUT2D eigenvalue weighted by molar-refractivity contribution is 6.07. The van der Waals surface area contributed by atoms with Gasteiger partial charge in [-0.2, -0.15) is 10.2 Å². The molecule has 1 aliphatic carbocycles. The Kier molecular flexibility index (Phi) is 4.47. The molecule has 3 aromatic rings. The predicted octanol–water partition coefficient (Wildman–Crippen LogP) is 3.55. The molecule has 3 heterocycles. The lowest BCUT2D eigenvalue weighted by Crippen LogP contribution is -2.51. The van der Waals surface area contributed by atoms with E-state index in [9.17, 15) is 4.79 Å². The average Bonchev–Trinajstić information content (AvgIpc) is 3.25. The van der Waals surface area contributed by atoms with Crippen molar-refractivity contribution in [2.24, 2.45) is 0 Å². The Morgan fingerprint density at radius 2 is 2.03 bits per heavy atom. The first kappa shape index (κ1) is 19.5. The van der Waals surface area contributed by atoms with Gasteiger partial charge >= 0.3 is 0 Å². The number of aromatic amines is 1. The number of amides is 1. The molecular formula is C21H29N7O. The maximum atomic E-state index is 13.5. The highest BCUT2D eigenvalue weighted by Gasteiger charge is 2.43. The van der Waals surface area contributed by atoms with Crippen LogP contribution in [0.2, 0.25) is 0 Å². The number of nitrogens with zero attached hydrogens (tertiary/aromatic N) is 5. The van der Waals surface area contributed by atoms with Gasteiger partial charge < -0.3 is 5.32 Å². The summed E-state index contributed by atoms with van der Waals surface area (Å²) in [6.07, 6.45) is 4.23. The van der Waals surface area contributed by atoms with Crippen LogP contribution >= 0.6 is 0 Å². The van der Waals surface area contributed by atoms with Crippen LogP contribution in [0.5, 0.6) is 0 Å². The molecule has 1 fully saturated rings. The van der Waals surface area contributed by atoms with Crippen molar-refractivity contribution in [1.82, 2.24) is 35.3 Å².